The summed E-state index contributed by atoms with van der Waals surface area (Å²) >= 11 is 0. The molecule has 2 heterocycles. The second kappa shape index (κ2) is 5.68. The molecule has 24 heavy (non-hydrogen) atoms. The SMILES string of the molecule is O=S(=O)(c1cccc(F)c1)N1CCC[C@H]1c1nc2ccccc2[nH]1. The molecular formula is C17H16FN3O2S. The summed E-state index contributed by atoms with van der Waals surface area (Å²) in [6.07, 6.45) is 1.44. The van der Waals surface area contributed by atoms with Crippen molar-refractivity contribution in [2.75, 3.05) is 6.54 Å². The number of hydrogen-bond acceptors (Lipinski definition) is 3. The van der Waals surface area contributed by atoms with Crippen LogP contribution >= 0.6 is 0 Å². The number of benzene rings is 2. The van der Waals surface area contributed by atoms with Crippen molar-refractivity contribution in [2.24, 2.45) is 0 Å². The summed E-state index contributed by atoms with van der Waals surface area (Å²) < 4.78 is 40.7. The number of aromatic nitrogens is 2. The van der Waals surface area contributed by atoms with Gasteiger partial charge in [0.25, 0.3) is 0 Å². The summed E-state index contributed by atoms with van der Waals surface area (Å²) in [6, 6.07) is 12.4. The summed E-state index contributed by atoms with van der Waals surface area (Å²) in [4.78, 5) is 7.72. The van der Waals surface area contributed by atoms with Crippen LogP contribution in [-0.4, -0.2) is 29.2 Å². The normalized spacial score (nSPS) is 19.1. The van der Waals surface area contributed by atoms with Gasteiger partial charge in [0.15, 0.2) is 0 Å². The predicted molar refractivity (Wildman–Crippen MR) is 88.4 cm³/mol. The molecule has 0 aliphatic carbocycles. The van der Waals surface area contributed by atoms with Crippen LogP contribution in [0.15, 0.2) is 53.4 Å². The second-order valence-corrected chi connectivity index (χ2v) is 7.76. The molecule has 1 atom stereocenters. The van der Waals surface area contributed by atoms with E-state index in [2.05, 4.69) is 9.97 Å². The summed E-state index contributed by atoms with van der Waals surface area (Å²) in [5, 5.41) is 0. The number of nitrogens with one attached hydrogen (secondary N) is 1. The Morgan fingerprint density at radius 2 is 2.00 bits per heavy atom. The van der Waals surface area contributed by atoms with Gasteiger partial charge in [-0.3, -0.25) is 0 Å². The van der Waals surface area contributed by atoms with E-state index in [1.54, 1.807) is 0 Å². The number of nitrogens with zero attached hydrogens (tertiary/aromatic N) is 2. The van der Waals surface area contributed by atoms with E-state index in [0.29, 0.717) is 18.8 Å². The Hall–Kier alpha value is -2.25. The number of H-pyrrole nitrogens is 1. The Morgan fingerprint density at radius 1 is 1.17 bits per heavy atom. The van der Waals surface area contributed by atoms with Crippen molar-refractivity contribution in [3.8, 4) is 0 Å². The number of sulfonamides is 1. The number of aromatic amines is 1. The second-order valence-electron chi connectivity index (χ2n) is 5.87. The molecule has 0 saturated carbocycles. The van der Waals surface area contributed by atoms with Gasteiger partial charge in [0.05, 0.1) is 22.0 Å². The minimum Gasteiger partial charge on any atom is -0.341 e. The molecule has 7 heteroatoms. The first-order valence-corrected chi connectivity index (χ1v) is 9.22. The maximum Gasteiger partial charge on any atom is 0.243 e. The van der Waals surface area contributed by atoms with Gasteiger partial charge in [0.1, 0.15) is 11.6 Å². The van der Waals surface area contributed by atoms with Crippen molar-refractivity contribution in [1.29, 1.82) is 0 Å². The summed E-state index contributed by atoms with van der Waals surface area (Å²) in [5.41, 5.74) is 1.69. The molecule has 0 radical (unpaired) electrons. The Morgan fingerprint density at radius 3 is 2.79 bits per heavy atom. The number of fused-ring (bicyclic) bond motifs is 1. The zero-order chi connectivity index (χ0) is 16.7. The van der Waals surface area contributed by atoms with Crippen molar-refractivity contribution in [1.82, 2.24) is 14.3 Å². The van der Waals surface area contributed by atoms with E-state index in [1.165, 1.54) is 22.5 Å². The molecule has 1 aromatic heterocycles. The lowest BCUT2D eigenvalue weighted by atomic mass is 10.2. The molecule has 124 valence electrons. The number of halogens is 1. The van der Waals surface area contributed by atoms with Crippen LogP contribution in [0.25, 0.3) is 11.0 Å². The summed E-state index contributed by atoms with van der Waals surface area (Å²) in [5.74, 6) is 0.0734. The third kappa shape index (κ3) is 2.50. The van der Waals surface area contributed by atoms with Crippen LogP contribution in [0.2, 0.25) is 0 Å². The van der Waals surface area contributed by atoms with Gasteiger partial charge in [-0.05, 0) is 43.2 Å². The number of imidazole rings is 1. The van der Waals surface area contributed by atoms with Crippen LogP contribution in [0, 0.1) is 5.82 Å². The van der Waals surface area contributed by atoms with Gasteiger partial charge in [-0.2, -0.15) is 4.31 Å². The highest BCUT2D eigenvalue weighted by Crippen LogP contribution is 2.36. The zero-order valence-electron chi connectivity index (χ0n) is 12.8. The highest BCUT2D eigenvalue weighted by molar-refractivity contribution is 7.89. The van der Waals surface area contributed by atoms with Gasteiger partial charge in [0, 0.05) is 6.54 Å². The molecule has 0 bridgehead atoms. The fourth-order valence-electron chi connectivity index (χ4n) is 3.19. The molecule has 4 rings (SSSR count). The minimum absolute atomic E-state index is 0.0227. The highest BCUT2D eigenvalue weighted by Gasteiger charge is 2.37. The van der Waals surface area contributed by atoms with Crippen molar-refractivity contribution < 1.29 is 12.8 Å². The lowest BCUT2D eigenvalue weighted by Gasteiger charge is -2.22. The molecule has 0 unspecified atom stereocenters. The lowest BCUT2D eigenvalue weighted by Crippen LogP contribution is -2.31. The van der Waals surface area contributed by atoms with Crippen LogP contribution in [0.4, 0.5) is 4.39 Å². The number of rotatable bonds is 3. The molecule has 1 N–H and O–H groups in total. The minimum atomic E-state index is -3.76. The Balaban J connectivity index is 1.74. The molecule has 5 nitrogen and oxygen atoms in total. The van der Waals surface area contributed by atoms with Crippen molar-refractivity contribution in [2.45, 2.75) is 23.8 Å². The summed E-state index contributed by atoms with van der Waals surface area (Å²) in [7, 11) is -3.76. The van der Waals surface area contributed by atoms with E-state index < -0.39 is 15.8 Å². The van der Waals surface area contributed by atoms with E-state index in [4.69, 9.17) is 0 Å². The van der Waals surface area contributed by atoms with Crippen molar-refractivity contribution in [3.63, 3.8) is 0 Å². The smallest absolute Gasteiger partial charge is 0.243 e. The first kappa shape index (κ1) is 15.3. The van der Waals surface area contributed by atoms with Crippen LogP contribution < -0.4 is 0 Å². The first-order chi connectivity index (χ1) is 11.6. The van der Waals surface area contributed by atoms with Gasteiger partial charge < -0.3 is 4.98 Å². The van der Waals surface area contributed by atoms with E-state index in [1.807, 2.05) is 24.3 Å². The van der Waals surface area contributed by atoms with Crippen LogP contribution in [0.5, 0.6) is 0 Å². The van der Waals surface area contributed by atoms with E-state index >= 15 is 0 Å². The number of hydrogen-bond donors (Lipinski definition) is 1. The fraction of sp³-hybridized carbons (Fsp3) is 0.235. The van der Waals surface area contributed by atoms with E-state index in [0.717, 1.165) is 23.5 Å². The Kier molecular flexibility index (Phi) is 3.62. The van der Waals surface area contributed by atoms with Crippen LogP contribution in [-0.2, 0) is 10.0 Å². The van der Waals surface area contributed by atoms with E-state index in [-0.39, 0.29) is 10.9 Å². The van der Waals surface area contributed by atoms with Crippen LogP contribution in [0.1, 0.15) is 24.7 Å². The average Bonchev–Trinajstić information content (AvgIpc) is 3.21. The van der Waals surface area contributed by atoms with Crippen molar-refractivity contribution in [3.05, 3.63) is 60.2 Å². The molecule has 3 aromatic rings. The highest BCUT2D eigenvalue weighted by atomic mass is 32.2. The molecule has 1 aliphatic rings. The van der Waals surface area contributed by atoms with Gasteiger partial charge in [-0.25, -0.2) is 17.8 Å². The van der Waals surface area contributed by atoms with Gasteiger partial charge in [-0.15, -0.1) is 0 Å². The van der Waals surface area contributed by atoms with Gasteiger partial charge >= 0.3 is 0 Å². The first-order valence-electron chi connectivity index (χ1n) is 7.78. The maximum atomic E-state index is 13.4. The topological polar surface area (TPSA) is 66.1 Å². The predicted octanol–water partition coefficient (Wildman–Crippen LogP) is 3.23. The largest absolute Gasteiger partial charge is 0.341 e. The fourth-order valence-corrected chi connectivity index (χ4v) is 4.89. The third-order valence-corrected chi connectivity index (χ3v) is 6.23. The Bertz CT molecular complexity index is 967. The molecule has 2 aromatic carbocycles. The molecule has 1 saturated heterocycles. The van der Waals surface area contributed by atoms with Crippen molar-refractivity contribution >= 4 is 21.1 Å². The number of para-hydroxylation sites is 2. The Labute approximate surface area is 139 Å². The monoisotopic (exact) mass is 345 g/mol. The molecule has 0 spiro atoms. The molecule has 1 fully saturated rings. The molecular weight excluding hydrogens is 329 g/mol. The quantitative estimate of drug-likeness (QED) is 0.792. The molecule has 1 aliphatic heterocycles. The standard InChI is InChI=1S/C17H16FN3O2S/c18-12-5-3-6-13(11-12)24(22,23)21-10-4-9-16(21)17-19-14-7-1-2-8-15(14)20-17/h1-3,5-8,11,16H,4,9-10H2,(H,19,20)/t16-/m0/s1. The van der Waals surface area contributed by atoms with E-state index in [9.17, 15) is 12.8 Å². The van der Waals surface area contributed by atoms with Crippen LogP contribution in [0.3, 0.4) is 0 Å². The maximum absolute atomic E-state index is 13.4. The van der Waals surface area contributed by atoms with Gasteiger partial charge in [0.2, 0.25) is 10.0 Å². The lowest BCUT2D eigenvalue weighted by molar-refractivity contribution is 0.385. The average molecular weight is 345 g/mol. The van der Waals surface area contributed by atoms with Gasteiger partial charge in [-0.1, -0.05) is 18.2 Å². The molecule has 0 amide bonds. The third-order valence-electron chi connectivity index (χ3n) is 4.33. The zero-order valence-corrected chi connectivity index (χ0v) is 13.6. The summed E-state index contributed by atoms with van der Waals surface area (Å²) in [6.45, 7) is 0.403.